The standard InChI is InChI=1S/C26H22N4/c1-4-6-20-13-17(2)24(18(3)14-20)23-8-5-7-21-16-28-26(30-25(21)23)29-22-11-9-19(15-27)10-12-22/h4-14,16H,1-3H3,(H,28,29,30)/b6-4+. The van der Waals surface area contributed by atoms with Crippen LogP contribution in [0.3, 0.4) is 0 Å². The number of fused-ring (bicyclic) bond motifs is 1. The molecule has 0 aliphatic carbocycles. The summed E-state index contributed by atoms with van der Waals surface area (Å²) >= 11 is 0. The van der Waals surface area contributed by atoms with Gasteiger partial charge in [0.2, 0.25) is 5.95 Å². The van der Waals surface area contributed by atoms with Gasteiger partial charge in [-0.2, -0.15) is 5.26 Å². The number of para-hydroxylation sites is 1. The van der Waals surface area contributed by atoms with Crippen LogP contribution in [0, 0.1) is 25.2 Å². The van der Waals surface area contributed by atoms with E-state index in [1.807, 2.05) is 37.4 Å². The van der Waals surface area contributed by atoms with Crippen LogP contribution >= 0.6 is 0 Å². The lowest BCUT2D eigenvalue weighted by Crippen LogP contribution is -1.99. The van der Waals surface area contributed by atoms with Gasteiger partial charge in [0.15, 0.2) is 0 Å². The van der Waals surface area contributed by atoms with Crippen LogP contribution in [-0.4, -0.2) is 9.97 Å². The van der Waals surface area contributed by atoms with Crippen molar-refractivity contribution < 1.29 is 0 Å². The molecular weight excluding hydrogens is 368 g/mol. The number of rotatable bonds is 4. The van der Waals surface area contributed by atoms with Gasteiger partial charge in [-0.25, -0.2) is 9.97 Å². The third kappa shape index (κ3) is 3.78. The molecule has 1 aromatic heterocycles. The number of hydrogen-bond acceptors (Lipinski definition) is 4. The Balaban J connectivity index is 1.80. The molecule has 0 unspecified atom stereocenters. The molecule has 3 aromatic carbocycles. The summed E-state index contributed by atoms with van der Waals surface area (Å²) in [5, 5.41) is 13.2. The number of nitriles is 1. The quantitative estimate of drug-likeness (QED) is 0.428. The number of aromatic nitrogens is 2. The maximum Gasteiger partial charge on any atom is 0.227 e. The summed E-state index contributed by atoms with van der Waals surface area (Å²) in [7, 11) is 0. The Kier molecular flexibility index (Phi) is 5.28. The Morgan fingerprint density at radius 2 is 1.73 bits per heavy atom. The molecule has 0 spiro atoms. The van der Waals surface area contributed by atoms with Crippen molar-refractivity contribution in [3.05, 3.63) is 89.1 Å². The predicted octanol–water partition coefficient (Wildman–Crippen LogP) is 6.56. The number of anilines is 2. The third-order valence-electron chi connectivity index (χ3n) is 5.06. The van der Waals surface area contributed by atoms with E-state index < -0.39 is 0 Å². The van der Waals surface area contributed by atoms with Crippen LogP contribution in [0.5, 0.6) is 0 Å². The van der Waals surface area contributed by atoms with Crippen molar-refractivity contribution in [1.29, 1.82) is 5.26 Å². The first-order valence-electron chi connectivity index (χ1n) is 9.86. The number of hydrogen-bond donors (Lipinski definition) is 1. The van der Waals surface area contributed by atoms with E-state index in [0.29, 0.717) is 11.5 Å². The van der Waals surface area contributed by atoms with Crippen LogP contribution in [0.4, 0.5) is 11.6 Å². The van der Waals surface area contributed by atoms with E-state index in [1.165, 1.54) is 22.3 Å². The predicted molar refractivity (Wildman–Crippen MR) is 124 cm³/mol. The zero-order chi connectivity index (χ0) is 21.1. The summed E-state index contributed by atoms with van der Waals surface area (Å²) in [6.07, 6.45) is 6.02. The minimum atomic E-state index is 0.528. The van der Waals surface area contributed by atoms with Gasteiger partial charge in [0.1, 0.15) is 0 Å². The molecule has 0 bridgehead atoms. The fraction of sp³-hybridized carbons (Fsp3) is 0.115. The zero-order valence-corrected chi connectivity index (χ0v) is 17.3. The van der Waals surface area contributed by atoms with Crippen molar-refractivity contribution in [2.24, 2.45) is 0 Å². The summed E-state index contributed by atoms with van der Waals surface area (Å²) in [6, 6.07) is 20.0. The molecule has 4 nitrogen and oxygen atoms in total. The molecular formula is C26H22N4. The molecule has 0 saturated carbocycles. The Morgan fingerprint density at radius 3 is 2.40 bits per heavy atom. The van der Waals surface area contributed by atoms with Gasteiger partial charge in [0.05, 0.1) is 17.1 Å². The van der Waals surface area contributed by atoms with Gasteiger partial charge < -0.3 is 5.32 Å². The van der Waals surface area contributed by atoms with Gasteiger partial charge in [-0.3, -0.25) is 0 Å². The molecule has 30 heavy (non-hydrogen) atoms. The highest BCUT2D eigenvalue weighted by molar-refractivity contribution is 5.95. The smallest absolute Gasteiger partial charge is 0.227 e. The lowest BCUT2D eigenvalue weighted by atomic mass is 9.92. The largest absolute Gasteiger partial charge is 0.324 e. The van der Waals surface area contributed by atoms with E-state index in [9.17, 15) is 0 Å². The maximum atomic E-state index is 8.97. The number of benzene rings is 3. The van der Waals surface area contributed by atoms with Crippen LogP contribution < -0.4 is 5.32 Å². The lowest BCUT2D eigenvalue weighted by Gasteiger charge is -2.14. The molecule has 0 saturated heterocycles. The topological polar surface area (TPSA) is 61.6 Å². The molecule has 0 aliphatic heterocycles. The van der Waals surface area contributed by atoms with Crippen molar-refractivity contribution >= 4 is 28.6 Å². The summed E-state index contributed by atoms with van der Waals surface area (Å²) in [4.78, 5) is 9.30. The van der Waals surface area contributed by atoms with Crippen LogP contribution in [0.15, 0.2) is 66.9 Å². The maximum absolute atomic E-state index is 8.97. The van der Waals surface area contributed by atoms with Gasteiger partial charge >= 0.3 is 0 Å². The Hall–Kier alpha value is -3.97. The van der Waals surface area contributed by atoms with E-state index in [0.717, 1.165) is 22.2 Å². The highest BCUT2D eigenvalue weighted by Crippen LogP contribution is 2.34. The van der Waals surface area contributed by atoms with E-state index >= 15 is 0 Å². The lowest BCUT2D eigenvalue weighted by molar-refractivity contribution is 1.21. The fourth-order valence-corrected chi connectivity index (χ4v) is 3.79. The first kappa shape index (κ1) is 19.4. The van der Waals surface area contributed by atoms with Crippen molar-refractivity contribution in [1.82, 2.24) is 9.97 Å². The van der Waals surface area contributed by atoms with Crippen molar-refractivity contribution in [3.63, 3.8) is 0 Å². The minimum Gasteiger partial charge on any atom is -0.324 e. The summed E-state index contributed by atoms with van der Waals surface area (Å²) < 4.78 is 0. The van der Waals surface area contributed by atoms with Gasteiger partial charge in [-0.15, -0.1) is 0 Å². The Labute approximate surface area is 176 Å². The zero-order valence-electron chi connectivity index (χ0n) is 17.3. The first-order valence-corrected chi connectivity index (χ1v) is 9.86. The highest BCUT2D eigenvalue weighted by atomic mass is 15.1. The molecule has 4 aromatic rings. The van der Waals surface area contributed by atoms with E-state index in [-0.39, 0.29) is 0 Å². The average Bonchev–Trinajstić information content (AvgIpc) is 2.74. The number of allylic oxidation sites excluding steroid dienone is 1. The number of aryl methyl sites for hydroxylation is 2. The molecule has 0 aliphatic rings. The molecule has 0 amide bonds. The third-order valence-corrected chi connectivity index (χ3v) is 5.06. The van der Waals surface area contributed by atoms with E-state index in [1.54, 1.807) is 12.1 Å². The minimum absolute atomic E-state index is 0.528. The van der Waals surface area contributed by atoms with Crippen molar-refractivity contribution in [2.45, 2.75) is 20.8 Å². The van der Waals surface area contributed by atoms with Crippen LogP contribution in [0.2, 0.25) is 0 Å². The molecule has 0 atom stereocenters. The summed E-state index contributed by atoms with van der Waals surface area (Å²) in [5.74, 6) is 0.528. The van der Waals surface area contributed by atoms with Crippen LogP contribution in [0.1, 0.15) is 29.2 Å². The molecule has 1 heterocycles. The highest BCUT2D eigenvalue weighted by Gasteiger charge is 2.12. The van der Waals surface area contributed by atoms with Gasteiger partial charge in [0.25, 0.3) is 0 Å². The molecule has 1 N–H and O–H groups in total. The van der Waals surface area contributed by atoms with Crippen molar-refractivity contribution in [3.8, 4) is 17.2 Å². The second-order valence-corrected chi connectivity index (χ2v) is 7.28. The molecule has 4 rings (SSSR count). The second kappa shape index (κ2) is 8.18. The molecule has 4 heteroatoms. The van der Waals surface area contributed by atoms with E-state index in [2.05, 4.69) is 60.6 Å². The Bertz CT molecular complexity index is 1270. The summed E-state index contributed by atoms with van der Waals surface area (Å²) in [6.45, 7) is 6.32. The Morgan fingerprint density at radius 1 is 1.00 bits per heavy atom. The van der Waals surface area contributed by atoms with E-state index in [4.69, 9.17) is 10.2 Å². The molecule has 0 fully saturated rings. The van der Waals surface area contributed by atoms with Crippen molar-refractivity contribution in [2.75, 3.05) is 5.32 Å². The normalized spacial score (nSPS) is 11.0. The molecule has 0 radical (unpaired) electrons. The first-order chi connectivity index (χ1) is 14.6. The number of nitrogens with one attached hydrogen (secondary N) is 1. The molecule has 146 valence electrons. The van der Waals surface area contributed by atoms with Gasteiger partial charge in [-0.05, 0) is 67.3 Å². The number of nitrogens with zero attached hydrogens (tertiary/aromatic N) is 3. The monoisotopic (exact) mass is 390 g/mol. The second-order valence-electron chi connectivity index (χ2n) is 7.28. The van der Waals surface area contributed by atoms with Crippen LogP contribution in [-0.2, 0) is 0 Å². The van der Waals surface area contributed by atoms with Gasteiger partial charge in [-0.1, -0.05) is 42.5 Å². The summed E-state index contributed by atoms with van der Waals surface area (Å²) in [5.41, 5.74) is 8.31. The van der Waals surface area contributed by atoms with Gasteiger partial charge in [0, 0.05) is 22.8 Å². The fourth-order valence-electron chi connectivity index (χ4n) is 3.79. The van der Waals surface area contributed by atoms with Crippen LogP contribution in [0.25, 0.3) is 28.1 Å². The average molecular weight is 390 g/mol. The SMILES string of the molecule is C/C=C/c1cc(C)c(-c2cccc3cnc(Nc4ccc(C#N)cc4)nc23)c(C)c1.